The molecule has 2 rings (SSSR count). The van der Waals surface area contributed by atoms with E-state index in [-0.39, 0.29) is 6.04 Å². The predicted molar refractivity (Wildman–Crippen MR) is 68.8 cm³/mol. The molecule has 0 fully saturated rings. The second-order valence-electron chi connectivity index (χ2n) is 3.89. The zero-order chi connectivity index (χ0) is 12.8. The highest BCUT2D eigenvalue weighted by atomic mass is 16.5. The number of hydrogen-bond donors (Lipinski definition) is 2. The average Bonchev–Trinajstić information content (AvgIpc) is 2.46. The summed E-state index contributed by atoms with van der Waals surface area (Å²) >= 11 is 0. The van der Waals surface area contributed by atoms with Crippen LogP contribution in [0.2, 0.25) is 0 Å². The summed E-state index contributed by atoms with van der Waals surface area (Å²) in [6.07, 6.45) is 2.24. The number of nitrogens with zero attached hydrogens (tertiary/aromatic N) is 2. The summed E-state index contributed by atoms with van der Waals surface area (Å²) in [5, 5.41) is 0. The highest BCUT2D eigenvalue weighted by molar-refractivity contribution is 5.21. The Bertz CT molecular complexity index is 489. The molecule has 0 amide bonds. The molecule has 1 heterocycles. The molecule has 0 spiro atoms. The fraction of sp³-hybridized carbons (Fsp3) is 0.231. The molecule has 5 heteroatoms. The summed E-state index contributed by atoms with van der Waals surface area (Å²) in [4.78, 5) is 8.20. The van der Waals surface area contributed by atoms with Crippen molar-refractivity contribution in [2.45, 2.75) is 12.5 Å². The monoisotopic (exact) mass is 244 g/mol. The highest BCUT2D eigenvalue weighted by Crippen LogP contribution is 2.18. The molecule has 0 aliphatic heterocycles. The van der Waals surface area contributed by atoms with E-state index in [0.29, 0.717) is 5.88 Å². The summed E-state index contributed by atoms with van der Waals surface area (Å²) in [6.45, 7) is 0. The molecule has 5 nitrogen and oxygen atoms in total. The van der Waals surface area contributed by atoms with E-state index >= 15 is 0 Å². The van der Waals surface area contributed by atoms with Gasteiger partial charge in [0.15, 0.2) is 0 Å². The maximum Gasteiger partial charge on any atom is 0.216 e. The van der Waals surface area contributed by atoms with Crippen LogP contribution in [0.4, 0.5) is 0 Å². The van der Waals surface area contributed by atoms with Crippen molar-refractivity contribution in [2.24, 2.45) is 5.84 Å². The van der Waals surface area contributed by atoms with Crippen molar-refractivity contribution in [2.75, 3.05) is 7.11 Å². The van der Waals surface area contributed by atoms with Gasteiger partial charge in [0.2, 0.25) is 5.88 Å². The molecule has 2 aromatic rings. The van der Waals surface area contributed by atoms with Crippen molar-refractivity contribution in [3.05, 3.63) is 54.0 Å². The summed E-state index contributed by atoms with van der Waals surface area (Å²) in [5.74, 6) is 6.13. The van der Waals surface area contributed by atoms with Crippen LogP contribution in [0, 0.1) is 0 Å². The van der Waals surface area contributed by atoms with Crippen LogP contribution in [0.1, 0.15) is 17.3 Å². The Morgan fingerprint density at radius 1 is 1.28 bits per heavy atom. The van der Waals surface area contributed by atoms with Crippen molar-refractivity contribution < 1.29 is 4.74 Å². The van der Waals surface area contributed by atoms with Gasteiger partial charge in [-0.05, 0) is 12.0 Å². The molecule has 1 unspecified atom stereocenters. The lowest BCUT2D eigenvalue weighted by atomic mass is 10.0. The molecular formula is C13H16N4O. The van der Waals surface area contributed by atoms with Crippen LogP contribution in [0.5, 0.6) is 5.88 Å². The van der Waals surface area contributed by atoms with E-state index in [1.165, 1.54) is 11.9 Å². The van der Waals surface area contributed by atoms with E-state index in [1.54, 1.807) is 13.2 Å². The molecule has 0 bridgehead atoms. The first-order valence-corrected chi connectivity index (χ1v) is 5.69. The fourth-order valence-electron chi connectivity index (χ4n) is 1.75. The van der Waals surface area contributed by atoms with Crippen molar-refractivity contribution >= 4 is 0 Å². The molecule has 1 atom stereocenters. The summed E-state index contributed by atoms with van der Waals surface area (Å²) in [5.41, 5.74) is 4.78. The highest BCUT2D eigenvalue weighted by Gasteiger charge is 2.13. The Labute approximate surface area is 106 Å². The Morgan fingerprint density at radius 3 is 2.72 bits per heavy atom. The van der Waals surface area contributed by atoms with Crippen molar-refractivity contribution in [1.82, 2.24) is 15.4 Å². The third-order valence-corrected chi connectivity index (χ3v) is 2.71. The predicted octanol–water partition coefficient (Wildman–Crippen LogP) is 1.23. The molecule has 0 saturated carbocycles. The Kier molecular flexibility index (Phi) is 4.22. The third-order valence-electron chi connectivity index (χ3n) is 2.71. The molecular weight excluding hydrogens is 228 g/mol. The number of aromatic nitrogens is 2. The molecule has 94 valence electrons. The molecule has 0 aliphatic rings. The van der Waals surface area contributed by atoms with Gasteiger partial charge >= 0.3 is 0 Å². The molecule has 18 heavy (non-hydrogen) atoms. The number of ether oxygens (including phenoxy) is 1. The molecule has 1 aromatic carbocycles. The van der Waals surface area contributed by atoms with Gasteiger partial charge in [-0.2, -0.15) is 0 Å². The first kappa shape index (κ1) is 12.5. The standard InChI is InChI=1S/C13H16N4O/c1-18-13-8-11(15-9-16-13)12(17-14)7-10-5-3-2-4-6-10/h2-6,8-9,12,17H,7,14H2,1H3. The SMILES string of the molecule is COc1cc(C(Cc2ccccc2)NN)ncn1. The largest absolute Gasteiger partial charge is 0.481 e. The van der Waals surface area contributed by atoms with Gasteiger partial charge in [-0.25, -0.2) is 9.97 Å². The molecule has 0 aliphatic carbocycles. The number of hydrazine groups is 1. The van der Waals surface area contributed by atoms with Gasteiger partial charge < -0.3 is 4.74 Å². The van der Waals surface area contributed by atoms with Gasteiger partial charge in [-0.15, -0.1) is 0 Å². The lowest BCUT2D eigenvalue weighted by Gasteiger charge is -2.15. The van der Waals surface area contributed by atoms with Crippen LogP contribution in [0.3, 0.4) is 0 Å². The topological polar surface area (TPSA) is 73.1 Å². The number of nitrogens with two attached hydrogens (primary N) is 1. The zero-order valence-electron chi connectivity index (χ0n) is 10.2. The Morgan fingerprint density at radius 2 is 2.06 bits per heavy atom. The Hall–Kier alpha value is -1.98. The van der Waals surface area contributed by atoms with Gasteiger partial charge in [0.25, 0.3) is 0 Å². The maximum absolute atomic E-state index is 5.59. The number of benzene rings is 1. The first-order valence-electron chi connectivity index (χ1n) is 5.69. The number of hydrogen-bond acceptors (Lipinski definition) is 5. The smallest absolute Gasteiger partial charge is 0.216 e. The second kappa shape index (κ2) is 6.09. The fourth-order valence-corrected chi connectivity index (χ4v) is 1.75. The summed E-state index contributed by atoms with van der Waals surface area (Å²) in [6, 6.07) is 11.8. The second-order valence-corrected chi connectivity index (χ2v) is 3.89. The quantitative estimate of drug-likeness (QED) is 0.611. The molecule has 1 aromatic heterocycles. The van der Waals surface area contributed by atoms with E-state index in [0.717, 1.165) is 12.1 Å². The number of rotatable bonds is 5. The van der Waals surface area contributed by atoms with Gasteiger partial charge in [0, 0.05) is 6.07 Å². The average molecular weight is 244 g/mol. The van der Waals surface area contributed by atoms with Crippen molar-refractivity contribution in [3.63, 3.8) is 0 Å². The van der Waals surface area contributed by atoms with Crippen LogP contribution in [0.15, 0.2) is 42.7 Å². The molecule has 3 N–H and O–H groups in total. The van der Waals surface area contributed by atoms with Crippen molar-refractivity contribution in [3.8, 4) is 5.88 Å². The van der Waals surface area contributed by atoms with Gasteiger partial charge in [0.1, 0.15) is 6.33 Å². The van der Waals surface area contributed by atoms with Crippen molar-refractivity contribution in [1.29, 1.82) is 0 Å². The van der Waals surface area contributed by atoms with Crippen LogP contribution in [-0.2, 0) is 6.42 Å². The van der Waals surface area contributed by atoms with Gasteiger partial charge in [-0.1, -0.05) is 30.3 Å². The van der Waals surface area contributed by atoms with Crippen LogP contribution in [-0.4, -0.2) is 17.1 Å². The van der Waals surface area contributed by atoms with Crippen LogP contribution >= 0.6 is 0 Å². The lowest BCUT2D eigenvalue weighted by Crippen LogP contribution is -2.30. The van der Waals surface area contributed by atoms with E-state index in [1.807, 2.05) is 18.2 Å². The van der Waals surface area contributed by atoms with E-state index in [9.17, 15) is 0 Å². The minimum absolute atomic E-state index is 0.0655. The lowest BCUT2D eigenvalue weighted by molar-refractivity contribution is 0.393. The zero-order valence-corrected chi connectivity index (χ0v) is 10.2. The van der Waals surface area contributed by atoms with Crippen LogP contribution < -0.4 is 16.0 Å². The number of methoxy groups -OCH3 is 1. The van der Waals surface area contributed by atoms with E-state index < -0.39 is 0 Å². The van der Waals surface area contributed by atoms with Gasteiger partial charge in [0.05, 0.1) is 18.8 Å². The minimum Gasteiger partial charge on any atom is -0.481 e. The first-order chi connectivity index (χ1) is 8.83. The Balaban J connectivity index is 2.17. The minimum atomic E-state index is -0.0655. The normalized spacial score (nSPS) is 12.1. The summed E-state index contributed by atoms with van der Waals surface area (Å²) in [7, 11) is 1.58. The van der Waals surface area contributed by atoms with E-state index in [2.05, 4.69) is 27.5 Å². The van der Waals surface area contributed by atoms with Crippen LogP contribution in [0.25, 0.3) is 0 Å². The number of nitrogens with one attached hydrogen (secondary N) is 1. The maximum atomic E-state index is 5.59. The molecule has 0 radical (unpaired) electrons. The third kappa shape index (κ3) is 3.03. The van der Waals surface area contributed by atoms with E-state index in [4.69, 9.17) is 10.6 Å². The summed E-state index contributed by atoms with van der Waals surface area (Å²) < 4.78 is 5.08. The van der Waals surface area contributed by atoms with Gasteiger partial charge in [-0.3, -0.25) is 11.3 Å². The molecule has 0 saturated heterocycles.